The van der Waals surface area contributed by atoms with Crippen molar-refractivity contribution in [3.8, 4) is 0 Å². The molecule has 0 aliphatic rings. The highest BCUT2D eigenvalue weighted by Gasteiger charge is 2.23. The lowest BCUT2D eigenvalue weighted by Crippen LogP contribution is -2.30. The molecule has 0 radical (unpaired) electrons. The Hall–Kier alpha value is -3.19. The molecule has 3 aromatic carbocycles. The van der Waals surface area contributed by atoms with Gasteiger partial charge in [0.1, 0.15) is 5.82 Å². The van der Waals surface area contributed by atoms with Gasteiger partial charge in [-0.3, -0.25) is 9.10 Å². The summed E-state index contributed by atoms with van der Waals surface area (Å²) in [7, 11) is -3.75. The van der Waals surface area contributed by atoms with Crippen LogP contribution in [0.15, 0.2) is 83.8 Å². The van der Waals surface area contributed by atoms with Gasteiger partial charge < -0.3 is 5.32 Å². The van der Waals surface area contributed by atoms with Crippen molar-refractivity contribution in [2.75, 3.05) is 16.2 Å². The third-order valence-corrected chi connectivity index (χ3v) is 6.07. The van der Waals surface area contributed by atoms with Crippen molar-refractivity contribution < 1.29 is 17.6 Å². The Morgan fingerprint density at radius 3 is 2.14 bits per heavy atom. The van der Waals surface area contributed by atoms with Gasteiger partial charge in [-0.15, -0.1) is 0 Å². The summed E-state index contributed by atoms with van der Waals surface area (Å²) in [5.41, 5.74) is 0.859. The van der Waals surface area contributed by atoms with Crippen LogP contribution in [0.25, 0.3) is 0 Å². The summed E-state index contributed by atoms with van der Waals surface area (Å²) in [4.78, 5) is 12.3. The zero-order valence-corrected chi connectivity index (χ0v) is 16.0. The molecule has 7 heteroatoms. The molecule has 0 aliphatic heterocycles. The first kappa shape index (κ1) is 19.6. The van der Waals surface area contributed by atoms with E-state index in [1.165, 1.54) is 46.8 Å². The third-order valence-electron chi connectivity index (χ3n) is 4.15. The molecule has 1 amide bonds. The van der Waals surface area contributed by atoms with Crippen LogP contribution in [0.3, 0.4) is 0 Å². The van der Waals surface area contributed by atoms with Gasteiger partial charge in [0.15, 0.2) is 0 Å². The first-order valence-electron chi connectivity index (χ1n) is 8.67. The van der Waals surface area contributed by atoms with E-state index in [2.05, 4.69) is 5.32 Å². The summed E-state index contributed by atoms with van der Waals surface area (Å²) in [6.07, 6.45) is 0. The topological polar surface area (TPSA) is 66.5 Å². The Labute approximate surface area is 163 Å². The molecule has 0 heterocycles. The number of carbonyl (C=O) groups is 1. The second-order valence-electron chi connectivity index (χ2n) is 5.96. The molecule has 0 saturated carbocycles. The highest BCUT2D eigenvalue weighted by atomic mass is 32.2. The van der Waals surface area contributed by atoms with E-state index in [9.17, 15) is 17.6 Å². The summed E-state index contributed by atoms with van der Waals surface area (Å²) in [6, 6.07) is 20.2. The fraction of sp³-hybridized carbons (Fsp3) is 0.0952. The maximum absolute atomic E-state index is 13.7. The van der Waals surface area contributed by atoms with Gasteiger partial charge in [-0.05, 0) is 55.5 Å². The van der Waals surface area contributed by atoms with Crippen molar-refractivity contribution >= 4 is 27.3 Å². The van der Waals surface area contributed by atoms with Crippen molar-refractivity contribution in [3.05, 3.63) is 90.2 Å². The van der Waals surface area contributed by atoms with Gasteiger partial charge in [-0.2, -0.15) is 0 Å². The van der Waals surface area contributed by atoms with Gasteiger partial charge in [-0.25, -0.2) is 12.8 Å². The van der Waals surface area contributed by atoms with Crippen LogP contribution in [0.5, 0.6) is 0 Å². The number of rotatable bonds is 6. The lowest BCUT2D eigenvalue weighted by atomic mass is 10.2. The maximum atomic E-state index is 13.7. The fourth-order valence-electron chi connectivity index (χ4n) is 2.77. The molecule has 1 N–H and O–H groups in total. The Morgan fingerprint density at radius 1 is 0.929 bits per heavy atom. The van der Waals surface area contributed by atoms with Gasteiger partial charge in [0, 0.05) is 12.2 Å². The SMILES string of the molecule is CCN(c1ccccc1)S(=O)(=O)c1ccc(NC(=O)c2ccccc2F)cc1. The second kappa shape index (κ2) is 8.22. The number of sulfonamides is 1. The quantitative estimate of drug-likeness (QED) is 0.673. The minimum absolute atomic E-state index is 0.0829. The van der Waals surface area contributed by atoms with Gasteiger partial charge in [-0.1, -0.05) is 30.3 Å². The molecule has 0 atom stereocenters. The van der Waals surface area contributed by atoms with Gasteiger partial charge >= 0.3 is 0 Å². The summed E-state index contributed by atoms with van der Waals surface area (Å²) >= 11 is 0. The molecular weight excluding hydrogens is 379 g/mol. The fourth-order valence-corrected chi connectivity index (χ4v) is 4.24. The van der Waals surface area contributed by atoms with Crippen molar-refractivity contribution in [1.82, 2.24) is 0 Å². The highest BCUT2D eigenvalue weighted by molar-refractivity contribution is 7.92. The number of benzene rings is 3. The highest BCUT2D eigenvalue weighted by Crippen LogP contribution is 2.24. The van der Waals surface area contributed by atoms with Gasteiger partial charge in [0.2, 0.25) is 0 Å². The van der Waals surface area contributed by atoms with E-state index in [1.807, 2.05) is 6.07 Å². The van der Waals surface area contributed by atoms with Crippen molar-refractivity contribution in [1.29, 1.82) is 0 Å². The normalized spacial score (nSPS) is 11.1. The number of para-hydroxylation sites is 1. The number of nitrogens with one attached hydrogen (secondary N) is 1. The lowest BCUT2D eigenvalue weighted by molar-refractivity contribution is 0.102. The Bertz CT molecular complexity index is 1070. The molecule has 144 valence electrons. The Morgan fingerprint density at radius 2 is 1.54 bits per heavy atom. The summed E-state index contributed by atoms with van der Waals surface area (Å²) in [5, 5.41) is 2.57. The molecule has 0 bridgehead atoms. The average Bonchev–Trinajstić information content (AvgIpc) is 2.70. The second-order valence-corrected chi connectivity index (χ2v) is 7.83. The number of carbonyl (C=O) groups excluding carboxylic acids is 1. The van der Waals surface area contributed by atoms with E-state index >= 15 is 0 Å². The minimum atomic E-state index is -3.75. The maximum Gasteiger partial charge on any atom is 0.264 e. The van der Waals surface area contributed by atoms with Crippen molar-refractivity contribution in [2.45, 2.75) is 11.8 Å². The standard InChI is InChI=1S/C21H19FN2O3S/c1-2-24(17-8-4-3-5-9-17)28(26,27)18-14-12-16(13-15-18)23-21(25)19-10-6-7-11-20(19)22/h3-15H,2H2,1H3,(H,23,25). The van der Waals surface area contributed by atoms with Crippen LogP contribution in [0, 0.1) is 5.82 Å². The largest absolute Gasteiger partial charge is 0.322 e. The average molecular weight is 398 g/mol. The third kappa shape index (κ3) is 4.04. The van der Waals surface area contributed by atoms with Crippen LogP contribution in [-0.2, 0) is 10.0 Å². The molecule has 3 rings (SSSR count). The molecule has 0 saturated heterocycles. The van der Waals surface area contributed by atoms with Crippen LogP contribution >= 0.6 is 0 Å². The number of amides is 1. The number of anilines is 2. The van der Waals surface area contributed by atoms with E-state index < -0.39 is 21.7 Å². The number of halogens is 1. The predicted molar refractivity (Wildman–Crippen MR) is 107 cm³/mol. The number of hydrogen-bond donors (Lipinski definition) is 1. The van der Waals surface area contributed by atoms with E-state index in [0.29, 0.717) is 11.4 Å². The predicted octanol–water partition coefficient (Wildman–Crippen LogP) is 4.29. The molecule has 0 fully saturated rings. The van der Waals surface area contributed by atoms with Crippen molar-refractivity contribution in [2.24, 2.45) is 0 Å². The smallest absolute Gasteiger partial charge is 0.264 e. The Balaban J connectivity index is 1.82. The van der Waals surface area contributed by atoms with E-state index in [1.54, 1.807) is 37.3 Å². The molecular formula is C21H19FN2O3S. The van der Waals surface area contributed by atoms with Gasteiger partial charge in [0.05, 0.1) is 16.1 Å². The Kier molecular flexibility index (Phi) is 5.75. The lowest BCUT2D eigenvalue weighted by Gasteiger charge is -2.23. The molecule has 0 aliphatic carbocycles. The van der Waals surface area contributed by atoms with Crippen LogP contribution in [0.4, 0.5) is 15.8 Å². The molecule has 0 unspecified atom stereocenters. The van der Waals surface area contributed by atoms with Gasteiger partial charge in [0.25, 0.3) is 15.9 Å². The molecule has 5 nitrogen and oxygen atoms in total. The minimum Gasteiger partial charge on any atom is -0.322 e. The number of nitrogens with zero attached hydrogens (tertiary/aromatic N) is 1. The summed E-state index contributed by atoms with van der Waals surface area (Å²) < 4.78 is 40.9. The monoisotopic (exact) mass is 398 g/mol. The summed E-state index contributed by atoms with van der Waals surface area (Å²) in [6.45, 7) is 2.03. The van der Waals surface area contributed by atoms with Crippen molar-refractivity contribution in [3.63, 3.8) is 0 Å². The van der Waals surface area contributed by atoms with Crippen LogP contribution in [0.2, 0.25) is 0 Å². The summed E-state index contributed by atoms with van der Waals surface area (Å²) in [5.74, 6) is -1.23. The molecule has 28 heavy (non-hydrogen) atoms. The van der Waals surface area contributed by atoms with E-state index in [0.717, 1.165) is 0 Å². The van der Waals surface area contributed by atoms with E-state index in [4.69, 9.17) is 0 Å². The molecule has 0 spiro atoms. The van der Waals surface area contributed by atoms with Crippen LogP contribution in [0.1, 0.15) is 17.3 Å². The number of hydrogen-bond acceptors (Lipinski definition) is 3. The molecule has 0 aromatic heterocycles. The van der Waals surface area contributed by atoms with E-state index in [-0.39, 0.29) is 17.0 Å². The van der Waals surface area contributed by atoms with Crippen LogP contribution < -0.4 is 9.62 Å². The van der Waals surface area contributed by atoms with Crippen LogP contribution in [-0.4, -0.2) is 20.9 Å². The molecule has 3 aromatic rings. The first-order valence-corrected chi connectivity index (χ1v) is 10.1. The zero-order valence-electron chi connectivity index (χ0n) is 15.2. The first-order chi connectivity index (χ1) is 13.4. The zero-order chi connectivity index (χ0) is 20.1.